The fourth-order valence-corrected chi connectivity index (χ4v) is 3.08. The molecular formula is C15H22O2. The fourth-order valence-electron chi connectivity index (χ4n) is 3.08. The van der Waals surface area contributed by atoms with E-state index in [4.69, 9.17) is 4.74 Å². The third-order valence-corrected chi connectivity index (χ3v) is 4.07. The van der Waals surface area contributed by atoms with E-state index in [-0.39, 0.29) is 18.1 Å². The number of hydrogen-bond donors (Lipinski definition) is 1. The molecule has 0 fully saturated rings. The largest absolute Gasteiger partial charge is 0.395 e. The van der Waals surface area contributed by atoms with Crippen LogP contribution in [0, 0.1) is 0 Å². The smallest absolute Gasteiger partial charge is 0.0552 e. The Kier molecular flexibility index (Phi) is 3.85. The highest BCUT2D eigenvalue weighted by Gasteiger charge is 2.37. The first-order chi connectivity index (χ1) is 8.22. The van der Waals surface area contributed by atoms with Gasteiger partial charge in [-0.1, -0.05) is 24.3 Å². The van der Waals surface area contributed by atoms with Crippen molar-refractivity contribution < 1.29 is 9.84 Å². The van der Waals surface area contributed by atoms with Gasteiger partial charge in [0.15, 0.2) is 0 Å². The van der Waals surface area contributed by atoms with Gasteiger partial charge in [-0.25, -0.2) is 0 Å². The number of aliphatic hydroxyl groups is 1. The number of methoxy groups -OCH3 is 1. The van der Waals surface area contributed by atoms with Crippen LogP contribution in [0.15, 0.2) is 24.3 Å². The predicted octanol–water partition coefficient (Wildman–Crippen LogP) is 2.68. The number of rotatable bonds is 4. The fraction of sp³-hybridized carbons (Fsp3) is 0.600. The van der Waals surface area contributed by atoms with Crippen LogP contribution in [-0.2, 0) is 16.6 Å². The predicted molar refractivity (Wildman–Crippen MR) is 69.2 cm³/mol. The molecule has 0 bridgehead atoms. The van der Waals surface area contributed by atoms with Crippen LogP contribution >= 0.6 is 0 Å². The Labute approximate surface area is 104 Å². The molecule has 2 rings (SSSR count). The molecule has 2 atom stereocenters. The van der Waals surface area contributed by atoms with Crippen molar-refractivity contribution in [3.05, 3.63) is 35.4 Å². The summed E-state index contributed by atoms with van der Waals surface area (Å²) >= 11 is 0. The first kappa shape index (κ1) is 12.6. The molecule has 0 spiro atoms. The van der Waals surface area contributed by atoms with Crippen molar-refractivity contribution in [3.8, 4) is 0 Å². The minimum absolute atomic E-state index is 0.0930. The van der Waals surface area contributed by atoms with Crippen molar-refractivity contribution in [2.75, 3.05) is 13.7 Å². The molecule has 0 amide bonds. The first-order valence-corrected chi connectivity index (χ1v) is 6.44. The van der Waals surface area contributed by atoms with Gasteiger partial charge in [0, 0.05) is 12.5 Å². The molecule has 0 radical (unpaired) electrons. The molecule has 2 heteroatoms. The van der Waals surface area contributed by atoms with Crippen molar-refractivity contribution >= 4 is 0 Å². The second kappa shape index (κ2) is 5.19. The lowest BCUT2D eigenvalue weighted by Gasteiger charge is -2.39. The summed E-state index contributed by atoms with van der Waals surface area (Å²) in [4.78, 5) is 0. The summed E-state index contributed by atoms with van der Waals surface area (Å²) in [5.41, 5.74) is 2.64. The lowest BCUT2D eigenvalue weighted by molar-refractivity contribution is 0.0600. The Hall–Kier alpha value is -0.860. The molecule has 0 saturated heterocycles. The van der Waals surface area contributed by atoms with Crippen molar-refractivity contribution in [1.29, 1.82) is 0 Å². The Morgan fingerprint density at radius 1 is 1.41 bits per heavy atom. The van der Waals surface area contributed by atoms with Gasteiger partial charge in [-0.15, -0.1) is 0 Å². The number of aliphatic hydroxyl groups excluding tert-OH is 1. The van der Waals surface area contributed by atoms with Gasteiger partial charge in [-0.05, 0) is 43.7 Å². The van der Waals surface area contributed by atoms with Crippen LogP contribution in [0.2, 0.25) is 0 Å². The van der Waals surface area contributed by atoms with Crippen molar-refractivity contribution in [3.63, 3.8) is 0 Å². The molecule has 17 heavy (non-hydrogen) atoms. The van der Waals surface area contributed by atoms with Crippen LogP contribution in [0.5, 0.6) is 0 Å². The highest BCUT2D eigenvalue weighted by Crippen LogP contribution is 2.40. The van der Waals surface area contributed by atoms with Crippen LogP contribution < -0.4 is 0 Å². The third kappa shape index (κ3) is 2.38. The molecule has 1 aromatic rings. The minimum Gasteiger partial charge on any atom is -0.395 e. The summed E-state index contributed by atoms with van der Waals surface area (Å²) in [6.45, 7) is 2.30. The summed E-state index contributed by atoms with van der Waals surface area (Å²) in [6.07, 6.45) is 4.45. The second-order valence-corrected chi connectivity index (χ2v) is 5.20. The Bertz CT molecular complexity index is 375. The highest BCUT2D eigenvalue weighted by molar-refractivity contribution is 5.37. The number of hydrogen-bond acceptors (Lipinski definition) is 2. The number of aryl methyl sites for hydroxylation is 1. The topological polar surface area (TPSA) is 29.5 Å². The number of ether oxygens (including phenoxy) is 1. The maximum Gasteiger partial charge on any atom is 0.0552 e. The van der Waals surface area contributed by atoms with Gasteiger partial charge < -0.3 is 9.84 Å². The van der Waals surface area contributed by atoms with Gasteiger partial charge in [0.05, 0.1) is 12.7 Å². The molecule has 0 saturated carbocycles. The van der Waals surface area contributed by atoms with Crippen LogP contribution in [0.3, 0.4) is 0 Å². The molecule has 1 aromatic carbocycles. The van der Waals surface area contributed by atoms with E-state index in [9.17, 15) is 5.11 Å². The molecule has 0 heterocycles. The standard InChI is InChI=1S/C15H22O2/c1-12(17-2)10-15(11-16)9-5-7-13-6-3-4-8-14(13)15/h3-4,6,8,12,16H,5,7,9-11H2,1-2H3. The molecule has 2 nitrogen and oxygen atoms in total. The quantitative estimate of drug-likeness (QED) is 0.868. The summed E-state index contributed by atoms with van der Waals surface area (Å²) in [6, 6.07) is 8.53. The van der Waals surface area contributed by atoms with Crippen molar-refractivity contribution in [2.24, 2.45) is 0 Å². The van der Waals surface area contributed by atoms with Gasteiger partial charge in [-0.2, -0.15) is 0 Å². The molecule has 94 valence electrons. The highest BCUT2D eigenvalue weighted by atomic mass is 16.5. The van der Waals surface area contributed by atoms with Gasteiger partial charge >= 0.3 is 0 Å². The van der Waals surface area contributed by atoms with Gasteiger partial charge in [0.1, 0.15) is 0 Å². The zero-order chi connectivity index (χ0) is 12.3. The van der Waals surface area contributed by atoms with Crippen molar-refractivity contribution in [2.45, 2.75) is 44.1 Å². The van der Waals surface area contributed by atoms with Gasteiger partial charge in [0.25, 0.3) is 0 Å². The summed E-state index contributed by atoms with van der Waals surface area (Å²) in [5, 5.41) is 9.88. The average Bonchev–Trinajstić information content (AvgIpc) is 2.39. The van der Waals surface area contributed by atoms with Crippen LogP contribution in [0.1, 0.15) is 37.3 Å². The Morgan fingerprint density at radius 2 is 2.18 bits per heavy atom. The SMILES string of the molecule is COC(C)CC1(CO)CCCc2ccccc21. The van der Waals surface area contributed by atoms with Crippen LogP contribution in [-0.4, -0.2) is 24.9 Å². The van der Waals surface area contributed by atoms with E-state index >= 15 is 0 Å². The van der Waals surface area contributed by atoms with E-state index in [0.717, 1.165) is 25.7 Å². The maximum atomic E-state index is 9.88. The third-order valence-electron chi connectivity index (χ3n) is 4.07. The summed E-state index contributed by atoms with van der Waals surface area (Å²) < 4.78 is 5.38. The number of fused-ring (bicyclic) bond motifs is 1. The zero-order valence-electron chi connectivity index (χ0n) is 10.8. The zero-order valence-corrected chi connectivity index (χ0v) is 10.8. The molecule has 1 aliphatic carbocycles. The Balaban J connectivity index is 2.35. The lowest BCUT2D eigenvalue weighted by Crippen LogP contribution is -2.38. The molecule has 1 N–H and O–H groups in total. The monoisotopic (exact) mass is 234 g/mol. The average molecular weight is 234 g/mol. The maximum absolute atomic E-state index is 9.88. The van der Waals surface area contributed by atoms with Gasteiger partial charge in [-0.3, -0.25) is 0 Å². The number of benzene rings is 1. The Morgan fingerprint density at radius 3 is 2.88 bits per heavy atom. The van der Waals surface area contributed by atoms with Gasteiger partial charge in [0.2, 0.25) is 0 Å². The normalized spacial score (nSPS) is 25.4. The minimum atomic E-state index is -0.0930. The van der Waals surface area contributed by atoms with E-state index in [1.54, 1.807) is 7.11 Å². The van der Waals surface area contributed by atoms with E-state index in [1.807, 2.05) is 0 Å². The van der Waals surface area contributed by atoms with E-state index in [1.165, 1.54) is 11.1 Å². The second-order valence-electron chi connectivity index (χ2n) is 5.20. The van der Waals surface area contributed by atoms with Crippen LogP contribution in [0.25, 0.3) is 0 Å². The molecular weight excluding hydrogens is 212 g/mol. The molecule has 0 aromatic heterocycles. The summed E-state index contributed by atoms with van der Waals surface area (Å²) in [5.74, 6) is 0. The van der Waals surface area contributed by atoms with Crippen LogP contribution in [0.4, 0.5) is 0 Å². The molecule has 0 aliphatic heterocycles. The van der Waals surface area contributed by atoms with E-state index < -0.39 is 0 Å². The van der Waals surface area contributed by atoms with E-state index in [2.05, 4.69) is 31.2 Å². The summed E-state index contributed by atoms with van der Waals surface area (Å²) in [7, 11) is 1.74. The molecule has 2 unspecified atom stereocenters. The molecule has 1 aliphatic rings. The van der Waals surface area contributed by atoms with Crippen molar-refractivity contribution in [1.82, 2.24) is 0 Å². The first-order valence-electron chi connectivity index (χ1n) is 6.44. The lowest BCUT2D eigenvalue weighted by atomic mass is 9.67. The van der Waals surface area contributed by atoms with E-state index in [0.29, 0.717) is 0 Å².